The zero-order chi connectivity index (χ0) is 17.4. The van der Waals surface area contributed by atoms with E-state index in [-0.39, 0.29) is 12.0 Å². The molecule has 4 nitrogen and oxygen atoms in total. The van der Waals surface area contributed by atoms with Crippen molar-refractivity contribution in [3.05, 3.63) is 59.7 Å². The van der Waals surface area contributed by atoms with Gasteiger partial charge in [-0.1, -0.05) is 30.7 Å². The maximum atomic E-state index is 12.3. The molecule has 0 aliphatic rings. The van der Waals surface area contributed by atoms with E-state index in [1.807, 2.05) is 50.2 Å². The Balaban J connectivity index is 1.93. The van der Waals surface area contributed by atoms with E-state index in [2.05, 4.69) is 12.2 Å². The third-order valence-electron chi connectivity index (χ3n) is 3.51. The molecule has 24 heavy (non-hydrogen) atoms. The van der Waals surface area contributed by atoms with Gasteiger partial charge in [-0.15, -0.1) is 0 Å². The second-order valence-corrected chi connectivity index (χ2v) is 5.83. The van der Waals surface area contributed by atoms with Gasteiger partial charge in [0.15, 0.2) is 0 Å². The van der Waals surface area contributed by atoms with Crippen LogP contribution in [0.2, 0.25) is 0 Å². The maximum Gasteiger partial charge on any atom is 0.251 e. The van der Waals surface area contributed by atoms with Gasteiger partial charge in [-0.3, -0.25) is 4.79 Å². The van der Waals surface area contributed by atoms with Crippen LogP contribution in [-0.4, -0.2) is 25.2 Å². The van der Waals surface area contributed by atoms with Crippen LogP contribution in [0, 0.1) is 6.92 Å². The number of ether oxygens (including phenoxy) is 2. The summed E-state index contributed by atoms with van der Waals surface area (Å²) >= 11 is 0. The van der Waals surface area contributed by atoms with Gasteiger partial charge >= 0.3 is 0 Å². The number of carbonyl (C=O) groups excluding carboxylic acids is 1. The van der Waals surface area contributed by atoms with Crippen molar-refractivity contribution in [2.75, 3.05) is 13.2 Å². The average Bonchev–Trinajstić information content (AvgIpc) is 2.60. The van der Waals surface area contributed by atoms with Crippen molar-refractivity contribution in [1.82, 2.24) is 5.32 Å². The predicted octanol–water partition coefficient (Wildman–Crippen LogP) is 4.33. The zero-order valence-corrected chi connectivity index (χ0v) is 14.5. The molecule has 1 unspecified atom stereocenters. The fraction of sp³-hybridized carbons (Fsp3) is 0.350. The lowest BCUT2D eigenvalue weighted by Crippen LogP contribution is -2.32. The first-order chi connectivity index (χ1) is 11.6. The molecule has 0 radical (unpaired) electrons. The van der Waals surface area contributed by atoms with E-state index in [1.165, 1.54) is 5.56 Å². The van der Waals surface area contributed by atoms with Crippen molar-refractivity contribution in [1.29, 1.82) is 0 Å². The number of benzene rings is 2. The number of nitrogens with one attached hydrogen (secondary N) is 1. The van der Waals surface area contributed by atoms with Crippen molar-refractivity contribution in [3.63, 3.8) is 0 Å². The summed E-state index contributed by atoms with van der Waals surface area (Å²) in [6.07, 6.45) is 0.970. The Bertz CT molecular complexity index is 652. The number of hydrogen-bond acceptors (Lipinski definition) is 3. The summed E-state index contributed by atoms with van der Waals surface area (Å²) in [6.45, 7) is 7.23. The molecule has 2 rings (SSSR count). The molecule has 0 aliphatic carbocycles. The molecular formula is C20H25NO3. The molecule has 1 N–H and O–H groups in total. The number of hydrogen-bond donors (Lipinski definition) is 1. The third kappa shape index (κ3) is 5.70. The summed E-state index contributed by atoms with van der Waals surface area (Å²) in [6, 6.07) is 15.0. The molecular weight excluding hydrogens is 302 g/mol. The van der Waals surface area contributed by atoms with Crippen LogP contribution in [0.3, 0.4) is 0 Å². The standard InChI is InChI=1S/C20H25NO3/c1-4-12-23-16(3)14-21-20(22)17-6-5-7-19(13-17)24-18-10-8-15(2)9-11-18/h5-11,13,16H,4,12,14H2,1-3H3,(H,21,22). The molecule has 1 atom stereocenters. The summed E-state index contributed by atoms with van der Waals surface area (Å²) in [7, 11) is 0. The average molecular weight is 327 g/mol. The van der Waals surface area contributed by atoms with E-state index < -0.39 is 0 Å². The van der Waals surface area contributed by atoms with E-state index in [1.54, 1.807) is 12.1 Å². The third-order valence-corrected chi connectivity index (χ3v) is 3.51. The minimum absolute atomic E-state index is 0.000825. The molecule has 0 saturated carbocycles. The van der Waals surface area contributed by atoms with Crippen LogP contribution in [-0.2, 0) is 4.74 Å². The first kappa shape index (κ1) is 18.0. The molecule has 0 bridgehead atoms. The molecule has 2 aromatic rings. The van der Waals surface area contributed by atoms with Gasteiger partial charge in [-0.2, -0.15) is 0 Å². The Kier molecular flexibility index (Phi) is 6.82. The zero-order valence-electron chi connectivity index (χ0n) is 14.5. The normalized spacial score (nSPS) is 11.8. The molecule has 4 heteroatoms. The number of rotatable bonds is 8. The molecule has 0 fully saturated rings. The van der Waals surface area contributed by atoms with Crippen molar-refractivity contribution >= 4 is 5.91 Å². The van der Waals surface area contributed by atoms with Gasteiger partial charge in [-0.05, 0) is 50.6 Å². The van der Waals surface area contributed by atoms with Crippen LogP contribution in [0.15, 0.2) is 48.5 Å². The number of amides is 1. The highest BCUT2D eigenvalue weighted by atomic mass is 16.5. The van der Waals surface area contributed by atoms with Crippen molar-refractivity contribution < 1.29 is 14.3 Å². The van der Waals surface area contributed by atoms with Gasteiger partial charge in [0.1, 0.15) is 11.5 Å². The lowest BCUT2D eigenvalue weighted by Gasteiger charge is -2.13. The van der Waals surface area contributed by atoms with Crippen LogP contribution in [0.5, 0.6) is 11.5 Å². The Morgan fingerprint density at radius 2 is 1.88 bits per heavy atom. The van der Waals surface area contributed by atoms with Gasteiger partial charge < -0.3 is 14.8 Å². The first-order valence-corrected chi connectivity index (χ1v) is 8.33. The van der Waals surface area contributed by atoms with Gasteiger partial charge in [0.25, 0.3) is 5.91 Å². The van der Waals surface area contributed by atoms with Crippen LogP contribution < -0.4 is 10.1 Å². The highest BCUT2D eigenvalue weighted by molar-refractivity contribution is 5.94. The Labute approximate surface area is 143 Å². The van der Waals surface area contributed by atoms with Crippen LogP contribution in [0.25, 0.3) is 0 Å². The van der Waals surface area contributed by atoms with Crippen molar-refractivity contribution in [2.24, 2.45) is 0 Å². The molecule has 0 aliphatic heterocycles. The maximum absolute atomic E-state index is 12.3. The van der Waals surface area contributed by atoms with Gasteiger partial charge in [0, 0.05) is 18.7 Å². The summed E-state index contributed by atoms with van der Waals surface area (Å²) in [5, 5.41) is 2.89. The fourth-order valence-electron chi connectivity index (χ4n) is 2.16. The predicted molar refractivity (Wildman–Crippen MR) is 95.7 cm³/mol. The fourth-order valence-corrected chi connectivity index (χ4v) is 2.16. The van der Waals surface area contributed by atoms with Gasteiger partial charge in [0.05, 0.1) is 6.10 Å². The highest BCUT2D eigenvalue weighted by Gasteiger charge is 2.09. The molecule has 0 saturated heterocycles. The summed E-state index contributed by atoms with van der Waals surface area (Å²) in [5.74, 6) is 1.26. The molecule has 128 valence electrons. The quantitative estimate of drug-likeness (QED) is 0.785. The lowest BCUT2D eigenvalue weighted by atomic mass is 10.2. The topological polar surface area (TPSA) is 47.6 Å². The number of aryl methyl sites for hydroxylation is 1. The highest BCUT2D eigenvalue weighted by Crippen LogP contribution is 2.22. The van der Waals surface area contributed by atoms with Crippen LogP contribution in [0.4, 0.5) is 0 Å². The minimum atomic E-state index is -0.128. The van der Waals surface area contributed by atoms with E-state index in [0.29, 0.717) is 24.5 Å². The Morgan fingerprint density at radius 3 is 2.58 bits per heavy atom. The van der Waals surface area contributed by atoms with Crippen LogP contribution >= 0.6 is 0 Å². The molecule has 2 aromatic carbocycles. The SMILES string of the molecule is CCCOC(C)CNC(=O)c1cccc(Oc2ccc(C)cc2)c1. The monoisotopic (exact) mass is 327 g/mol. The van der Waals surface area contributed by atoms with Crippen molar-refractivity contribution in [2.45, 2.75) is 33.3 Å². The van der Waals surface area contributed by atoms with Crippen LogP contribution in [0.1, 0.15) is 36.2 Å². The second-order valence-electron chi connectivity index (χ2n) is 5.83. The van der Waals surface area contributed by atoms with E-state index in [9.17, 15) is 4.79 Å². The van der Waals surface area contributed by atoms with E-state index in [4.69, 9.17) is 9.47 Å². The minimum Gasteiger partial charge on any atom is -0.457 e. The summed E-state index contributed by atoms with van der Waals surface area (Å²) in [5.41, 5.74) is 1.75. The number of carbonyl (C=O) groups is 1. The Morgan fingerprint density at radius 1 is 1.12 bits per heavy atom. The molecule has 0 heterocycles. The molecule has 1 amide bonds. The van der Waals surface area contributed by atoms with E-state index in [0.717, 1.165) is 12.2 Å². The lowest BCUT2D eigenvalue weighted by molar-refractivity contribution is 0.0622. The second kappa shape index (κ2) is 9.08. The largest absolute Gasteiger partial charge is 0.457 e. The first-order valence-electron chi connectivity index (χ1n) is 8.33. The van der Waals surface area contributed by atoms with Crippen molar-refractivity contribution in [3.8, 4) is 11.5 Å². The summed E-state index contributed by atoms with van der Waals surface area (Å²) in [4.78, 5) is 12.3. The molecule has 0 spiro atoms. The molecule has 0 aromatic heterocycles. The smallest absolute Gasteiger partial charge is 0.251 e. The van der Waals surface area contributed by atoms with Gasteiger partial charge in [-0.25, -0.2) is 0 Å². The van der Waals surface area contributed by atoms with E-state index >= 15 is 0 Å². The summed E-state index contributed by atoms with van der Waals surface area (Å²) < 4.78 is 11.3. The van der Waals surface area contributed by atoms with Gasteiger partial charge in [0.2, 0.25) is 0 Å². The Hall–Kier alpha value is -2.33.